The molecule has 0 radical (unpaired) electrons. The number of para-hydroxylation sites is 2. The van der Waals surface area contributed by atoms with E-state index < -0.39 is 6.10 Å². The summed E-state index contributed by atoms with van der Waals surface area (Å²) in [5.41, 5.74) is 1.06. The van der Waals surface area contributed by atoms with Crippen LogP contribution in [0.1, 0.15) is 10.5 Å². The summed E-state index contributed by atoms with van der Waals surface area (Å²) in [4.78, 5) is 12.3. The van der Waals surface area contributed by atoms with Gasteiger partial charge < -0.3 is 24.6 Å². The highest BCUT2D eigenvalue weighted by Crippen LogP contribution is 2.36. The number of carbonyl (C=O) groups excluding carboxylic acids is 1. The maximum atomic E-state index is 12.3. The van der Waals surface area contributed by atoms with Crippen LogP contribution in [0.3, 0.4) is 0 Å². The molecule has 8 heteroatoms. The Labute approximate surface area is 156 Å². The molecule has 142 valence electrons. The number of ether oxygens (including phenoxy) is 3. The van der Waals surface area contributed by atoms with E-state index in [2.05, 4.69) is 15.5 Å². The highest BCUT2D eigenvalue weighted by Gasteiger charge is 2.17. The number of hydrogen-bond acceptors (Lipinski definition) is 6. The number of aromatic nitrogens is 2. The van der Waals surface area contributed by atoms with Crippen LogP contribution in [-0.4, -0.2) is 54.7 Å². The molecule has 1 heterocycles. The number of methoxy groups -OCH3 is 2. The Morgan fingerprint density at radius 3 is 2.56 bits per heavy atom. The van der Waals surface area contributed by atoms with Crippen LogP contribution < -0.4 is 19.5 Å². The first-order valence-corrected chi connectivity index (χ1v) is 8.37. The zero-order valence-corrected chi connectivity index (χ0v) is 15.1. The van der Waals surface area contributed by atoms with Crippen LogP contribution in [0.4, 0.5) is 0 Å². The maximum Gasteiger partial charge on any atom is 0.272 e. The van der Waals surface area contributed by atoms with E-state index in [4.69, 9.17) is 14.2 Å². The van der Waals surface area contributed by atoms with Gasteiger partial charge >= 0.3 is 0 Å². The van der Waals surface area contributed by atoms with E-state index in [9.17, 15) is 9.90 Å². The standard InChI is InChI=1S/C19H21N3O5/c1-25-15-8-5-9-16(26-2)18(15)27-11-12(23)10-20-19(24)17-13-6-3-4-7-14(13)21-22-17/h3-9,12,23H,10-11H2,1-2H3,(H,20,24)(H,21,22). The number of hydrogen-bond donors (Lipinski definition) is 3. The van der Waals surface area contributed by atoms with Gasteiger partial charge in [0.2, 0.25) is 5.75 Å². The molecule has 1 unspecified atom stereocenters. The average Bonchev–Trinajstić information content (AvgIpc) is 3.14. The molecule has 0 saturated heterocycles. The van der Waals surface area contributed by atoms with Gasteiger partial charge in [0.1, 0.15) is 12.7 Å². The summed E-state index contributed by atoms with van der Waals surface area (Å²) in [5.74, 6) is 1.01. The smallest absolute Gasteiger partial charge is 0.272 e. The third-order valence-electron chi connectivity index (χ3n) is 3.99. The Morgan fingerprint density at radius 1 is 1.15 bits per heavy atom. The van der Waals surface area contributed by atoms with E-state index in [0.717, 1.165) is 10.9 Å². The molecule has 27 heavy (non-hydrogen) atoms. The summed E-state index contributed by atoms with van der Waals surface area (Å²) in [6.07, 6.45) is -0.922. The van der Waals surface area contributed by atoms with Crippen molar-refractivity contribution in [3.63, 3.8) is 0 Å². The minimum Gasteiger partial charge on any atom is -0.493 e. The fraction of sp³-hybridized carbons (Fsp3) is 0.263. The van der Waals surface area contributed by atoms with Crippen LogP contribution in [-0.2, 0) is 0 Å². The molecule has 1 amide bonds. The Morgan fingerprint density at radius 2 is 1.85 bits per heavy atom. The van der Waals surface area contributed by atoms with E-state index in [1.54, 1.807) is 24.3 Å². The molecule has 0 fully saturated rings. The third-order valence-corrected chi connectivity index (χ3v) is 3.99. The first-order chi connectivity index (χ1) is 13.1. The second-order valence-corrected chi connectivity index (χ2v) is 5.78. The number of rotatable bonds is 8. The molecule has 0 bridgehead atoms. The van der Waals surface area contributed by atoms with Crippen molar-refractivity contribution < 1.29 is 24.1 Å². The van der Waals surface area contributed by atoms with Gasteiger partial charge in [0, 0.05) is 11.9 Å². The number of benzene rings is 2. The number of nitrogens with zero attached hydrogens (tertiary/aromatic N) is 1. The van der Waals surface area contributed by atoms with Gasteiger partial charge in [-0.1, -0.05) is 24.3 Å². The summed E-state index contributed by atoms with van der Waals surface area (Å²) in [6, 6.07) is 12.6. The van der Waals surface area contributed by atoms with Crippen molar-refractivity contribution in [2.24, 2.45) is 0 Å². The Bertz CT molecular complexity index is 902. The van der Waals surface area contributed by atoms with Crippen molar-refractivity contribution in [3.05, 3.63) is 48.2 Å². The average molecular weight is 371 g/mol. The van der Waals surface area contributed by atoms with Crippen molar-refractivity contribution in [2.45, 2.75) is 6.10 Å². The molecule has 0 saturated carbocycles. The molecule has 0 aliphatic rings. The van der Waals surface area contributed by atoms with Gasteiger partial charge in [0.25, 0.3) is 5.91 Å². The lowest BCUT2D eigenvalue weighted by Crippen LogP contribution is -2.35. The molecule has 0 aliphatic carbocycles. The SMILES string of the molecule is COc1cccc(OC)c1OCC(O)CNC(=O)c1n[nH]c2ccccc12. The number of fused-ring (bicyclic) bond motifs is 1. The minimum absolute atomic E-state index is 0.0114. The largest absolute Gasteiger partial charge is 0.493 e. The van der Waals surface area contributed by atoms with Crippen LogP contribution in [0, 0.1) is 0 Å². The summed E-state index contributed by atoms with van der Waals surface area (Å²) in [5, 5.41) is 20.4. The minimum atomic E-state index is -0.922. The van der Waals surface area contributed by atoms with Crippen molar-refractivity contribution >= 4 is 16.8 Å². The first-order valence-electron chi connectivity index (χ1n) is 8.37. The van der Waals surface area contributed by atoms with E-state index in [1.165, 1.54) is 14.2 Å². The summed E-state index contributed by atoms with van der Waals surface area (Å²) >= 11 is 0. The molecule has 3 N–H and O–H groups in total. The quantitative estimate of drug-likeness (QED) is 0.557. The molecule has 0 aliphatic heterocycles. The first kappa shape index (κ1) is 18.5. The van der Waals surface area contributed by atoms with E-state index in [1.807, 2.05) is 18.2 Å². The fourth-order valence-corrected chi connectivity index (χ4v) is 2.63. The number of carbonyl (C=O) groups is 1. The predicted molar refractivity (Wildman–Crippen MR) is 99.5 cm³/mol. The predicted octanol–water partition coefficient (Wildman–Crippen LogP) is 1.75. The van der Waals surface area contributed by atoms with Gasteiger partial charge in [0.05, 0.1) is 19.7 Å². The topological polar surface area (TPSA) is 106 Å². The van der Waals surface area contributed by atoms with Gasteiger partial charge in [-0.05, 0) is 18.2 Å². The van der Waals surface area contributed by atoms with Crippen LogP contribution >= 0.6 is 0 Å². The molecule has 3 rings (SSSR count). The Balaban J connectivity index is 1.57. The van der Waals surface area contributed by atoms with E-state index >= 15 is 0 Å². The lowest BCUT2D eigenvalue weighted by Gasteiger charge is -2.17. The lowest BCUT2D eigenvalue weighted by atomic mass is 10.2. The number of aromatic amines is 1. The zero-order chi connectivity index (χ0) is 19.2. The molecule has 3 aromatic rings. The van der Waals surface area contributed by atoms with Crippen LogP contribution in [0.5, 0.6) is 17.2 Å². The molecule has 1 aromatic heterocycles. The number of nitrogens with one attached hydrogen (secondary N) is 2. The van der Waals surface area contributed by atoms with E-state index in [0.29, 0.717) is 17.2 Å². The van der Waals surface area contributed by atoms with Gasteiger partial charge in [0.15, 0.2) is 17.2 Å². The van der Waals surface area contributed by atoms with Crippen molar-refractivity contribution in [1.29, 1.82) is 0 Å². The van der Waals surface area contributed by atoms with Gasteiger partial charge in [-0.3, -0.25) is 9.89 Å². The molecule has 1 atom stereocenters. The van der Waals surface area contributed by atoms with Crippen molar-refractivity contribution in [3.8, 4) is 17.2 Å². The summed E-state index contributed by atoms with van der Waals surface area (Å²) in [6.45, 7) is -0.0319. The third kappa shape index (κ3) is 4.12. The van der Waals surface area contributed by atoms with E-state index in [-0.39, 0.29) is 24.8 Å². The second kappa shape index (κ2) is 8.41. The lowest BCUT2D eigenvalue weighted by molar-refractivity contribution is 0.0831. The van der Waals surface area contributed by atoms with Gasteiger partial charge in [-0.15, -0.1) is 0 Å². The van der Waals surface area contributed by atoms with Crippen LogP contribution in [0.25, 0.3) is 10.9 Å². The molecular weight excluding hydrogens is 350 g/mol. The summed E-state index contributed by atoms with van der Waals surface area (Å²) < 4.78 is 16.1. The summed E-state index contributed by atoms with van der Waals surface area (Å²) in [7, 11) is 3.04. The molecule has 8 nitrogen and oxygen atoms in total. The van der Waals surface area contributed by atoms with Crippen LogP contribution in [0.15, 0.2) is 42.5 Å². The normalized spacial score (nSPS) is 11.8. The van der Waals surface area contributed by atoms with Crippen molar-refractivity contribution in [1.82, 2.24) is 15.5 Å². The van der Waals surface area contributed by atoms with Gasteiger partial charge in [-0.2, -0.15) is 5.10 Å². The zero-order valence-electron chi connectivity index (χ0n) is 15.1. The van der Waals surface area contributed by atoms with Gasteiger partial charge in [-0.25, -0.2) is 0 Å². The van der Waals surface area contributed by atoms with Crippen LogP contribution in [0.2, 0.25) is 0 Å². The highest BCUT2D eigenvalue weighted by atomic mass is 16.5. The monoisotopic (exact) mass is 371 g/mol. The molecule has 0 spiro atoms. The second-order valence-electron chi connectivity index (χ2n) is 5.78. The maximum absolute atomic E-state index is 12.3. The number of amides is 1. The fourth-order valence-electron chi connectivity index (χ4n) is 2.63. The number of H-pyrrole nitrogens is 1. The Kier molecular flexibility index (Phi) is 5.77. The molecule has 2 aromatic carbocycles. The van der Waals surface area contributed by atoms with Crippen molar-refractivity contribution in [2.75, 3.05) is 27.4 Å². The Hall–Kier alpha value is -3.26. The highest BCUT2D eigenvalue weighted by molar-refractivity contribution is 6.04. The number of aliphatic hydroxyl groups is 1. The number of aliphatic hydroxyl groups excluding tert-OH is 1. The molecular formula is C19H21N3O5.